The number of fused-ring (bicyclic) bond motifs is 1. The van der Waals surface area contributed by atoms with Gasteiger partial charge in [-0.25, -0.2) is 4.79 Å². The predicted molar refractivity (Wildman–Crippen MR) is 65.9 cm³/mol. The van der Waals surface area contributed by atoms with Crippen LogP contribution in [-0.4, -0.2) is 34.5 Å². The lowest BCUT2D eigenvalue weighted by Crippen LogP contribution is -2.48. The molecule has 3 rings (SSSR count). The molecule has 0 aromatic heterocycles. The van der Waals surface area contributed by atoms with E-state index in [-0.39, 0.29) is 11.8 Å². The summed E-state index contributed by atoms with van der Waals surface area (Å²) in [4.78, 5) is 25.4. The number of aliphatic carboxylic acids is 1. The highest BCUT2D eigenvalue weighted by Gasteiger charge is 2.56. The molecule has 3 atom stereocenters. The van der Waals surface area contributed by atoms with Gasteiger partial charge in [0.1, 0.15) is 6.04 Å². The molecule has 100 valence electrons. The van der Waals surface area contributed by atoms with E-state index in [1.807, 2.05) is 0 Å². The minimum Gasteiger partial charge on any atom is -0.480 e. The van der Waals surface area contributed by atoms with Crippen LogP contribution in [-0.2, 0) is 9.59 Å². The van der Waals surface area contributed by atoms with Gasteiger partial charge >= 0.3 is 5.97 Å². The van der Waals surface area contributed by atoms with Crippen molar-refractivity contribution in [2.24, 2.45) is 17.8 Å². The van der Waals surface area contributed by atoms with Gasteiger partial charge < -0.3 is 10.0 Å². The molecule has 0 spiro atoms. The van der Waals surface area contributed by atoms with E-state index in [0.717, 1.165) is 12.8 Å². The van der Waals surface area contributed by atoms with Crippen LogP contribution in [0.4, 0.5) is 0 Å². The first-order valence-electron chi connectivity index (χ1n) is 7.23. The molecule has 2 saturated carbocycles. The van der Waals surface area contributed by atoms with Crippen molar-refractivity contribution < 1.29 is 14.7 Å². The maximum Gasteiger partial charge on any atom is 0.326 e. The van der Waals surface area contributed by atoms with Crippen LogP contribution in [0.25, 0.3) is 0 Å². The summed E-state index contributed by atoms with van der Waals surface area (Å²) in [6, 6.07) is -0.561. The van der Waals surface area contributed by atoms with E-state index >= 15 is 0 Å². The fourth-order valence-electron chi connectivity index (χ4n) is 4.00. The van der Waals surface area contributed by atoms with Crippen molar-refractivity contribution in [3.05, 3.63) is 0 Å². The molecule has 1 saturated heterocycles. The zero-order valence-corrected chi connectivity index (χ0v) is 10.7. The second kappa shape index (κ2) is 4.56. The van der Waals surface area contributed by atoms with Crippen molar-refractivity contribution in [1.82, 2.24) is 4.90 Å². The summed E-state index contributed by atoms with van der Waals surface area (Å²) in [5.74, 6) is 0.614. The van der Waals surface area contributed by atoms with Gasteiger partial charge in [-0.15, -0.1) is 0 Å². The standard InChI is InChI=1S/C14H21NO3/c16-13(12-9-5-1-2-6-10(9)12)15-8-4-3-7-11(15)14(17)18/h9-12H,1-8H2,(H,17,18)/t9-,10-,11+/m1/s1. The van der Waals surface area contributed by atoms with E-state index in [9.17, 15) is 14.7 Å². The Kier molecular flexibility index (Phi) is 3.04. The van der Waals surface area contributed by atoms with Crippen LogP contribution < -0.4 is 0 Å². The van der Waals surface area contributed by atoms with Crippen molar-refractivity contribution >= 4 is 11.9 Å². The van der Waals surface area contributed by atoms with E-state index in [4.69, 9.17) is 0 Å². The quantitative estimate of drug-likeness (QED) is 0.815. The molecule has 1 heterocycles. The Morgan fingerprint density at radius 1 is 0.944 bits per heavy atom. The van der Waals surface area contributed by atoms with Gasteiger partial charge in [-0.3, -0.25) is 4.79 Å². The Morgan fingerprint density at radius 3 is 2.17 bits per heavy atom. The van der Waals surface area contributed by atoms with Gasteiger partial charge in [-0.2, -0.15) is 0 Å². The number of carbonyl (C=O) groups excluding carboxylic acids is 1. The smallest absolute Gasteiger partial charge is 0.326 e. The number of hydrogen-bond donors (Lipinski definition) is 1. The SMILES string of the molecule is O=C(O)[C@@H]1CCCCN1C(=O)C1[C@@H]2CCCC[C@@H]12. The predicted octanol–water partition coefficient (Wildman–Crippen LogP) is 1.89. The first-order chi connectivity index (χ1) is 8.70. The summed E-state index contributed by atoms with van der Waals surface area (Å²) in [5.41, 5.74) is 0. The van der Waals surface area contributed by atoms with Gasteiger partial charge in [0, 0.05) is 12.5 Å². The molecule has 0 unspecified atom stereocenters. The summed E-state index contributed by atoms with van der Waals surface area (Å²) in [6.45, 7) is 0.645. The highest BCUT2D eigenvalue weighted by atomic mass is 16.4. The lowest BCUT2D eigenvalue weighted by atomic mass is 10.0. The molecule has 1 N–H and O–H groups in total. The summed E-state index contributed by atoms with van der Waals surface area (Å²) >= 11 is 0. The molecule has 0 bridgehead atoms. The Bertz CT molecular complexity index is 356. The lowest BCUT2D eigenvalue weighted by Gasteiger charge is -2.33. The lowest BCUT2D eigenvalue weighted by molar-refractivity contribution is -0.152. The van der Waals surface area contributed by atoms with E-state index in [1.54, 1.807) is 4.90 Å². The van der Waals surface area contributed by atoms with Gasteiger partial charge in [-0.1, -0.05) is 12.8 Å². The molecule has 18 heavy (non-hydrogen) atoms. The van der Waals surface area contributed by atoms with Gasteiger partial charge in [0.05, 0.1) is 0 Å². The Labute approximate surface area is 107 Å². The Morgan fingerprint density at radius 2 is 1.56 bits per heavy atom. The molecule has 0 aromatic rings. The number of likely N-dealkylation sites (tertiary alicyclic amines) is 1. The molecule has 0 radical (unpaired) electrons. The van der Waals surface area contributed by atoms with Crippen molar-refractivity contribution in [3.63, 3.8) is 0 Å². The van der Waals surface area contributed by atoms with E-state index in [2.05, 4.69) is 0 Å². The highest BCUT2D eigenvalue weighted by Crippen LogP contribution is 2.56. The number of nitrogens with zero attached hydrogens (tertiary/aromatic N) is 1. The van der Waals surface area contributed by atoms with Crippen molar-refractivity contribution in [3.8, 4) is 0 Å². The molecular formula is C14H21NO3. The first-order valence-corrected chi connectivity index (χ1v) is 7.23. The van der Waals surface area contributed by atoms with Crippen LogP contribution in [0.5, 0.6) is 0 Å². The minimum atomic E-state index is -0.827. The number of rotatable bonds is 2. The molecule has 0 aromatic carbocycles. The molecule has 3 fully saturated rings. The van der Waals surface area contributed by atoms with Crippen LogP contribution in [0.3, 0.4) is 0 Å². The molecular weight excluding hydrogens is 230 g/mol. The van der Waals surface area contributed by atoms with Crippen LogP contribution in [0.1, 0.15) is 44.9 Å². The van der Waals surface area contributed by atoms with Gasteiger partial charge in [-0.05, 0) is 43.9 Å². The number of amides is 1. The van der Waals surface area contributed by atoms with Gasteiger partial charge in [0.2, 0.25) is 5.91 Å². The maximum atomic E-state index is 12.5. The molecule has 2 aliphatic carbocycles. The summed E-state index contributed by atoms with van der Waals surface area (Å²) < 4.78 is 0. The van der Waals surface area contributed by atoms with Gasteiger partial charge in [0.25, 0.3) is 0 Å². The first kappa shape index (κ1) is 12.0. The van der Waals surface area contributed by atoms with Crippen molar-refractivity contribution in [2.45, 2.75) is 51.0 Å². The second-order valence-electron chi connectivity index (χ2n) is 6.02. The number of carboxylic acid groups (broad SMARTS) is 1. The third kappa shape index (κ3) is 1.91. The number of carboxylic acids is 1. The van der Waals surface area contributed by atoms with E-state index in [1.165, 1.54) is 25.7 Å². The van der Waals surface area contributed by atoms with E-state index in [0.29, 0.717) is 24.8 Å². The second-order valence-corrected chi connectivity index (χ2v) is 6.02. The zero-order valence-electron chi connectivity index (χ0n) is 10.7. The maximum absolute atomic E-state index is 12.5. The molecule has 3 aliphatic rings. The molecule has 1 aliphatic heterocycles. The fourth-order valence-corrected chi connectivity index (χ4v) is 4.00. The van der Waals surface area contributed by atoms with E-state index < -0.39 is 12.0 Å². The number of hydrogen-bond acceptors (Lipinski definition) is 2. The highest BCUT2D eigenvalue weighted by molar-refractivity contribution is 5.87. The normalized spacial score (nSPS) is 39.0. The monoisotopic (exact) mass is 251 g/mol. The van der Waals surface area contributed by atoms with Crippen molar-refractivity contribution in [2.75, 3.05) is 6.54 Å². The average molecular weight is 251 g/mol. The largest absolute Gasteiger partial charge is 0.480 e. The Balaban J connectivity index is 1.69. The summed E-state index contributed by atoms with van der Waals surface area (Å²) in [5, 5.41) is 9.22. The molecule has 1 amide bonds. The third-order valence-electron chi connectivity index (χ3n) is 5.01. The topological polar surface area (TPSA) is 57.6 Å². The fraction of sp³-hybridized carbons (Fsp3) is 0.857. The van der Waals surface area contributed by atoms with Crippen molar-refractivity contribution in [1.29, 1.82) is 0 Å². The van der Waals surface area contributed by atoms with Crippen LogP contribution >= 0.6 is 0 Å². The van der Waals surface area contributed by atoms with Crippen LogP contribution in [0, 0.1) is 17.8 Å². The van der Waals surface area contributed by atoms with Crippen LogP contribution in [0.2, 0.25) is 0 Å². The van der Waals surface area contributed by atoms with Crippen LogP contribution in [0.15, 0.2) is 0 Å². The summed E-state index contributed by atoms with van der Waals surface area (Å²) in [7, 11) is 0. The zero-order chi connectivity index (χ0) is 12.7. The molecule has 4 heteroatoms. The molecule has 4 nitrogen and oxygen atoms in total. The summed E-state index contributed by atoms with van der Waals surface area (Å²) in [6.07, 6.45) is 7.35. The Hall–Kier alpha value is -1.06. The number of piperidine rings is 1. The van der Waals surface area contributed by atoms with Gasteiger partial charge in [0.15, 0.2) is 0 Å². The number of carbonyl (C=O) groups is 2. The average Bonchev–Trinajstić information content (AvgIpc) is 3.12. The third-order valence-corrected chi connectivity index (χ3v) is 5.01. The minimum absolute atomic E-state index is 0.138.